The lowest BCUT2D eigenvalue weighted by Gasteiger charge is -2.50. The van der Waals surface area contributed by atoms with E-state index >= 15 is 0 Å². The van der Waals surface area contributed by atoms with Crippen molar-refractivity contribution in [1.29, 1.82) is 0 Å². The summed E-state index contributed by atoms with van der Waals surface area (Å²) < 4.78 is 46.1. The van der Waals surface area contributed by atoms with Crippen LogP contribution in [-0.2, 0) is 52.3 Å². The third kappa shape index (κ3) is 10.2. The normalized spacial score (nSPS) is 45.1. The molecule has 4 fully saturated rings. The van der Waals surface area contributed by atoms with Crippen LogP contribution < -0.4 is 21.7 Å². The van der Waals surface area contributed by atoms with Crippen molar-refractivity contribution < 1.29 is 98.2 Å². The first-order chi connectivity index (χ1) is 26.0. The number of aliphatic hydroxyl groups is 9. The summed E-state index contributed by atoms with van der Waals surface area (Å²) in [7, 11) is 1.24. The summed E-state index contributed by atoms with van der Waals surface area (Å²) in [4.78, 5) is 36.6. The minimum atomic E-state index is -1.84. The van der Waals surface area contributed by atoms with E-state index in [2.05, 4.69) is 16.0 Å². The third-order valence-corrected chi connectivity index (χ3v) is 9.70. The predicted octanol–water partition coefficient (Wildman–Crippen LogP) is -8.70. The summed E-state index contributed by atoms with van der Waals surface area (Å²) in [6.45, 7) is 0.174. The van der Waals surface area contributed by atoms with E-state index in [-0.39, 0.29) is 0 Å². The number of amides is 3. The molecule has 318 valence electrons. The van der Waals surface area contributed by atoms with Crippen molar-refractivity contribution in [3.8, 4) is 0 Å². The average molecular weight is 803 g/mol. The van der Waals surface area contributed by atoms with Gasteiger partial charge in [-0.15, -0.1) is 0 Å². The largest absolute Gasteiger partial charge is 0.394 e. The van der Waals surface area contributed by atoms with Crippen LogP contribution >= 0.6 is 0 Å². The van der Waals surface area contributed by atoms with Gasteiger partial charge in [-0.3, -0.25) is 14.4 Å². The molecular formula is C31H54N4O20. The molecule has 4 saturated heterocycles. The van der Waals surface area contributed by atoms with Gasteiger partial charge in [0.25, 0.3) is 0 Å². The molecule has 0 bridgehead atoms. The van der Waals surface area contributed by atoms with E-state index in [0.717, 1.165) is 13.8 Å². The van der Waals surface area contributed by atoms with Crippen LogP contribution in [0.2, 0.25) is 0 Å². The van der Waals surface area contributed by atoms with Gasteiger partial charge in [0.2, 0.25) is 17.7 Å². The Morgan fingerprint density at radius 1 is 0.509 bits per heavy atom. The minimum absolute atomic E-state index is 0.564. The fourth-order valence-electron chi connectivity index (χ4n) is 6.99. The van der Waals surface area contributed by atoms with E-state index in [4.69, 9.17) is 43.6 Å². The Kier molecular flexibility index (Phi) is 16.4. The van der Waals surface area contributed by atoms with E-state index in [9.17, 15) is 60.3 Å². The standard InChI is InChI=1S/C31H54N4O20/c1-9(40)33-17-22(45)26(13(6-37)50-29(17)48-4)54-31-19(35-11(3)42)24(47)27(15(8-39)52-31)55-30-18(34-10(2)41)23(46)25(14(7-38)51-30)53-28-16(32)21(44)20(43)12(5-36)49-28/h12-31,36-39,43-47H,5-8,32H2,1-4H3,(H,33,40)(H,34,41)(H,35,42)/t12?,13?,14?,15?,16-,17+,18+,19-,20?,21+,22?,23?,24+,25-,26-,27?,28?,29-,30+,31?/m0/s1. The van der Waals surface area contributed by atoms with Gasteiger partial charge in [-0.25, -0.2) is 0 Å². The van der Waals surface area contributed by atoms with Crippen LogP contribution in [0, 0.1) is 0 Å². The maximum atomic E-state index is 12.4. The fourth-order valence-corrected chi connectivity index (χ4v) is 6.99. The SMILES string of the molecule is CO[C@H]1OC(CO)[C@H](OC2OC(CO)C(O[C@H]3OC(CO)[C@H](OC4OC(CO)C(O)[C@H](O)[C@@H]4N)C(O)[C@H]3NC(C)=O)[C@H](O)[C@@H]2NC(C)=O)C(O)[C@H]1NC(C)=O. The van der Waals surface area contributed by atoms with Gasteiger partial charge >= 0.3 is 0 Å². The number of hydrogen-bond donors (Lipinski definition) is 13. The summed E-state index contributed by atoms with van der Waals surface area (Å²) in [5, 5.41) is 103. The second kappa shape index (κ2) is 19.9. The van der Waals surface area contributed by atoms with Gasteiger partial charge in [0.1, 0.15) is 91.4 Å². The monoisotopic (exact) mass is 802 g/mol. The molecule has 0 aromatic rings. The van der Waals surface area contributed by atoms with Crippen molar-refractivity contribution in [3.63, 3.8) is 0 Å². The zero-order valence-corrected chi connectivity index (χ0v) is 30.5. The third-order valence-electron chi connectivity index (χ3n) is 9.70. The Morgan fingerprint density at radius 2 is 0.818 bits per heavy atom. The highest BCUT2D eigenvalue weighted by Gasteiger charge is 2.56. The number of carbonyl (C=O) groups excluding carboxylic acids is 3. The van der Waals surface area contributed by atoms with Gasteiger partial charge in [-0.05, 0) is 0 Å². The highest BCUT2D eigenvalue weighted by atomic mass is 16.8. The van der Waals surface area contributed by atoms with Crippen LogP contribution in [0.25, 0.3) is 0 Å². The number of hydrogen-bond acceptors (Lipinski definition) is 21. The summed E-state index contributed by atoms with van der Waals surface area (Å²) in [6, 6.07) is -5.72. The van der Waals surface area contributed by atoms with Gasteiger partial charge in [0.05, 0.1) is 32.5 Å². The number of aliphatic hydroxyl groups excluding tert-OH is 9. The molecule has 14 N–H and O–H groups in total. The molecule has 55 heavy (non-hydrogen) atoms. The zero-order chi connectivity index (χ0) is 40.9. The highest BCUT2D eigenvalue weighted by Crippen LogP contribution is 2.34. The van der Waals surface area contributed by atoms with E-state index in [1.165, 1.54) is 14.0 Å². The van der Waals surface area contributed by atoms with Crippen LogP contribution in [-0.4, -0.2) is 220 Å². The van der Waals surface area contributed by atoms with E-state index in [0.29, 0.717) is 0 Å². The fraction of sp³-hybridized carbons (Fsp3) is 0.903. The Labute approximate surface area is 314 Å². The van der Waals surface area contributed by atoms with Crippen molar-refractivity contribution in [2.45, 2.75) is 143 Å². The molecule has 0 radical (unpaired) electrons. The number of methoxy groups -OCH3 is 1. The Morgan fingerprint density at radius 3 is 1.15 bits per heavy atom. The van der Waals surface area contributed by atoms with Gasteiger partial charge in [-0.1, -0.05) is 0 Å². The molecule has 4 heterocycles. The van der Waals surface area contributed by atoms with Crippen LogP contribution in [0.15, 0.2) is 0 Å². The Hall–Kier alpha value is -2.31. The molecule has 4 aliphatic heterocycles. The van der Waals surface area contributed by atoms with Gasteiger partial charge < -0.3 is 106 Å². The van der Waals surface area contributed by atoms with Crippen LogP contribution in [0.1, 0.15) is 20.8 Å². The van der Waals surface area contributed by atoms with E-state index in [1.807, 2.05) is 0 Å². The molecule has 24 heteroatoms. The van der Waals surface area contributed by atoms with Crippen LogP contribution in [0.5, 0.6) is 0 Å². The highest BCUT2D eigenvalue weighted by molar-refractivity contribution is 5.74. The quantitative estimate of drug-likeness (QED) is 0.0775. The number of nitrogens with two attached hydrogens (primary N) is 1. The first kappa shape index (κ1) is 45.4. The molecule has 0 saturated carbocycles. The topological polar surface area (TPSA) is 369 Å². The maximum absolute atomic E-state index is 12.4. The molecule has 0 aliphatic carbocycles. The Balaban J connectivity index is 1.59. The molecule has 4 aliphatic rings. The molecule has 0 aromatic carbocycles. The minimum Gasteiger partial charge on any atom is -0.394 e. The summed E-state index contributed by atoms with van der Waals surface area (Å²) in [5.74, 6) is -1.98. The lowest BCUT2D eigenvalue weighted by atomic mass is 9.93. The van der Waals surface area contributed by atoms with Crippen LogP contribution in [0.3, 0.4) is 0 Å². The lowest BCUT2D eigenvalue weighted by Crippen LogP contribution is -2.71. The van der Waals surface area contributed by atoms with Crippen molar-refractivity contribution >= 4 is 17.7 Å². The van der Waals surface area contributed by atoms with Gasteiger partial charge in [0, 0.05) is 27.9 Å². The van der Waals surface area contributed by atoms with Crippen molar-refractivity contribution in [1.82, 2.24) is 16.0 Å². The first-order valence-corrected chi connectivity index (χ1v) is 17.5. The lowest BCUT2D eigenvalue weighted by molar-refractivity contribution is -0.362. The molecule has 0 aromatic heterocycles. The average Bonchev–Trinajstić information content (AvgIpc) is 3.14. The molecule has 20 atom stereocenters. The Bertz CT molecular complexity index is 1270. The number of ether oxygens (including phenoxy) is 8. The molecule has 3 amide bonds. The first-order valence-electron chi connectivity index (χ1n) is 17.5. The molecular weight excluding hydrogens is 748 g/mol. The molecule has 24 nitrogen and oxygen atoms in total. The summed E-state index contributed by atoms with van der Waals surface area (Å²) >= 11 is 0. The van der Waals surface area contributed by atoms with Crippen molar-refractivity contribution in [2.75, 3.05) is 33.5 Å². The van der Waals surface area contributed by atoms with Crippen molar-refractivity contribution in [3.05, 3.63) is 0 Å². The zero-order valence-electron chi connectivity index (χ0n) is 30.5. The maximum Gasteiger partial charge on any atom is 0.217 e. The number of nitrogens with one attached hydrogen (secondary N) is 3. The number of rotatable bonds is 14. The molecule has 0 spiro atoms. The summed E-state index contributed by atoms with van der Waals surface area (Å²) in [5.41, 5.74) is 5.99. The predicted molar refractivity (Wildman–Crippen MR) is 175 cm³/mol. The molecule has 10 unspecified atom stereocenters. The number of carbonyl (C=O) groups is 3. The summed E-state index contributed by atoms with van der Waals surface area (Å²) in [6.07, 6.45) is -25.0. The van der Waals surface area contributed by atoms with Crippen LogP contribution in [0.4, 0.5) is 0 Å². The van der Waals surface area contributed by atoms with Crippen molar-refractivity contribution in [2.24, 2.45) is 5.73 Å². The smallest absolute Gasteiger partial charge is 0.217 e. The van der Waals surface area contributed by atoms with Gasteiger partial charge in [0.15, 0.2) is 25.2 Å². The second-order valence-corrected chi connectivity index (χ2v) is 13.6. The second-order valence-electron chi connectivity index (χ2n) is 13.6. The molecule has 4 rings (SSSR count). The van der Waals surface area contributed by atoms with Gasteiger partial charge in [-0.2, -0.15) is 0 Å². The van der Waals surface area contributed by atoms with E-state index < -0.39 is 167 Å². The van der Waals surface area contributed by atoms with E-state index in [1.54, 1.807) is 0 Å².